The topological polar surface area (TPSA) is 26.3 Å². The van der Waals surface area contributed by atoms with Crippen LogP contribution in [0.5, 0.6) is 5.75 Å². The van der Waals surface area contributed by atoms with Gasteiger partial charge in [-0.1, -0.05) is 25.5 Å². The minimum atomic E-state index is -0.0915. The Morgan fingerprint density at radius 2 is 2.20 bits per heavy atom. The van der Waals surface area contributed by atoms with Crippen molar-refractivity contribution in [3.63, 3.8) is 0 Å². The number of esters is 1. The Labute approximate surface area is 90.3 Å². The molecule has 1 unspecified atom stereocenters. The lowest BCUT2D eigenvalue weighted by Crippen LogP contribution is -2.10. The molecule has 2 rings (SSSR count). The van der Waals surface area contributed by atoms with Gasteiger partial charge in [-0.2, -0.15) is 0 Å². The second kappa shape index (κ2) is 4.05. The number of hydrogen-bond acceptors (Lipinski definition) is 2. The zero-order valence-electron chi connectivity index (χ0n) is 9.25. The Balaban J connectivity index is 2.36. The van der Waals surface area contributed by atoms with Crippen molar-refractivity contribution < 1.29 is 9.53 Å². The molecule has 1 atom stereocenters. The summed E-state index contributed by atoms with van der Waals surface area (Å²) in [5.41, 5.74) is 2.30. The molecule has 0 fully saturated rings. The van der Waals surface area contributed by atoms with Crippen LogP contribution in [-0.4, -0.2) is 5.97 Å². The highest BCUT2D eigenvalue weighted by atomic mass is 16.5. The lowest BCUT2D eigenvalue weighted by Gasteiger charge is -2.09. The number of aryl methyl sites for hydroxylation is 1. The Morgan fingerprint density at radius 3 is 2.93 bits per heavy atom. The molecule has 1 aliphatic heterocycles. The Hall–Kier alpha value is -1.31. The van der Waals surface area contributed by atoms with E-state index in [-0.39, 0.29) is 5.97 Å². The molecule has 0 aliphatic carbocycles. The van der Waals surface area contributed by atoms with E-state index in [2.05, 4.69) is 19.1 Å². The summed E-state index contributed by atoms with van der Waals surface area (Å²) in [6.07, 6.45) is 2.53. The average Bonchev–Trinajstić information content (AvgIpc) is 2.35. The van der Waals surface area contributed by atoms with E-state index in [4.69, 9.17) is 4.74 Å². The fourth-order valence-corrected chi connectivity index (χ4v) is 2.00. The summed E-state index contributed by atoms with van der Waals surface area (Å²) < 4.78 is 5.33. The van der Waals surface area contributed by atoms with Crippen molar-refractivity contribution in [2.45, 2.75) is 33.1 Å². The first-order chi connectivity index (χ1) is 7.19. The van der Waals surface area contributed by atoms with Gasteiger partial charge in [-0.25, -0.2) is 0 Å². The average molecular weight is 204 g/mol. The van der Waals surface area contributed by atoms with Crippen LogP contribution in [0.3, 0.4) is 0 Å². The molecule has 0 spiro atoms. The van der Waals surface area contributed by atoms with Crippen LogP contribution in [0.25, 0.3) is 0 Å². The van der Waals surface area contributed by atoms with E-state index in [1.54, 1.807) is 0 Å². The number of fused-ring (bicyclic) bond motifs is 1. The van der Waals surface area contributed by atoms with Crippen LogP contribution in [-0.2, 0) is 11.2 Å². The van der Waals surface area contributed by atoms with E-state index in [9.17, 15) is 4.79 Å². The molecule has 0 radical (unpaired) electrons. The van der Waals surface area contributed by atoms with Crippen LogP contribution in [0.15, 0.2) is 18.2 Å². The summed E-state index contributed by atoms with van der Waals surface area (Å²) >= 11 is 0. The molecule has 1 heterocycles. The zero-order valence-corrected chi connectivity index (χ0v) is 9.25. The van der Waals surface area contributed by atoms with Gasteiger partial charge in [0.2, 0.25) is 0 Å². The Bertz CT molecular complexity index is 382. The maximum atomic E-state index is 11.5. The molecule has 2 heteroatoms. The van der Waals surface area contributed by atoms with Gasteiger partial charge in [0.25, 0.3) is 0 Å². The number of carbonyl (C=O) groups is 1. The van der Waals surface area contributed by atoms with Crippen molar-refractivity contribution in [2.75, 3.05) is 0 Å². The summed E-state index contributed by atoms with van der Waals surface area (Å²) in [7, 11) is 0. The summed E-state index contributed by atoms with van der Waals surface area (Å²) in [6, 6.07) is 6.10. The van der Waals surface area contributed by atoms with E-state index in [1.165, 1.54) is 5.56 Å². The summed E-state index contributed by atoms with van der Waals surface area (Å²) in [4.78, 5) is 11.5. The van der Waals surface area contributed by atoms with Crippen molar-refractivity contribution in [1.29, 1.82) is 0 Å². The van der Waals surface area contributed by atoms with Crippen molar-refractivity contribution in [3.05, 3.63) is 29.3 Å². The fourth-order valence-electron chi connectivity index (χ4n) is 2.00. The molecule has 0 amide bonds. The Morgan fingerprint density at radius 1 is 1.40 bits per heavy atom. The monoisotopic (exact) mass is 204 g/mol. The highest BCUT2D eigenvalue weighted by Gasteiger charge is 2.21. The summed E-state index contributed by atoms with van der Waals surface area (Å²) in [6.45, 7) is 4.13. The maximum Gasteiger partial charge on any atom is 0.311 e. The van der Waals surface area contributed by atoms with Crippen molar-refractivity contribution in [3.8, 4) is 5.75 Å². The lowest BCUT2D eigenvalue weighted by atomic mass is 9.94. The van der Waals surface area contributed by atoms with Crippen LogP contribution in [0.1, 0.15) is 30.9 Å². The first-order valence-electron chi connectivity index (χ1n) is 5.49. The standard InChI is InChI=1S/C13H16O2/c1-3-10-7-11-5-4-9(2)6-12(11)15-13(14)8-10/h4-6,10H,3,7-8H2,1-2H3. The van der Waals surface area contributed by atoms with Crippen LogP contribution >= 0.6 is 0 Å². The quantitative estimate of drug-likeness (QED) is 0.519. The molecule has 2 nitrogen and oxygen atoms in total. The van der Waals surface area contributed by atoms with Gasteiger partial charge in [0.1, 0.15) is 5.75 Å². The number of hydrogen-bond donors (Lipinski definition) is 0. The van der Waals surface area contributed by atoms with Crippen molar-refractivity contribution in [2.24, 2.45) is 5.92 Å². The van der Waals surface area contributed by atoms with Crippen LogP contribution in [0.2, 0.25) is 0 Å². The summed E-state index contributed by atoms with van der Waals surface area (Å²) in [5, 5.41) is 0. The first-order valence-corrected chi connectivity index (χ1v) is 5.49. The largest absolute Gasteiger partial charge is 0.426 e. The van der Waals surface area contributed by atoms with Gasteiger partial charge >= 0.3 is 5.97 Å². The van der Waals surface area contributed by atoms with Gasteiger partial charge in [-0.3, -0.25) is 4.79 Å². The first kappa shape index (κ1) is 10.2. The molecule has 0 saturated carbocycles. The molecule has 0 N–H and O–H groups in total. The minimum Gasteiger partial charge on any atom is -0.426 e. The van der Waals surface area contributed by atoms with E-state index in [0.717, 1.165) is 24.2 Å². The van der Waals surface area contributed by atoms with Crippen LogP contribution in [0, 0.1) is 12.8 Å². The van der Waals surface area contributed by atoms with Crippen molar-refractivity contribution >= 4 is 5.97 Å². The molecule has 1 aliphatic rings. The third-order valence-corrected chi connectivity index (χ3v) is 2.99. The van der Waals surface area contributed by atoms with Gasteiger partial charge in [0.05, 0.1) is 0 Å². The fraction of sp³-hybridized carbons (Fsp3) is 0.462. The maximum absolute atomic E-state index is 11.5. The molecular formula is C13H16O2. The van der Waals surface area contributed by atoms with Gasteiger partial charge in [0.15, 0.2) is 0 Å². The predicted octanol–water partition coefficient (Wildman–Crippen LogP) is 2.87. The van der Waals surface area contributed by atoms with E-state index >= 15 is 0 Å². The van der Waals surface area contributed by atoms with Gasteiger partial charge in [-0.15, -0.1) is 0 Å². The second-order valence-corrected chi connectivity index (χ2v) is 4.27. The normalized spacial score (nSPS) is 20.4. The lowest BCUT2D eigenvalue weighted by molar-refractivity contribution is -0.135. The van der Waals surface area contributed by atoms with E-state index < -0.39 is 0 Å². The number of carbonyl (C=O) groups excluding carboxylic acids is 1. The smallest absolute Gasteiger partial charge is 0.311 e. The third kappa shape index (κ3) is 2.20. The number of benzene rings is 1. The molecule has 80 valence electrons. The molecule has 0 saturated heterocycles. The molecule has 1 aromatic rings. The van der Waals surface area contributed by atoms with Crippen molar-refractivity contribution in [1.82, 2.24) is 0 Å². The van der Waals surface area contributed by atoms with Crippen LogP contribution < -0.4 is 4.74 Å². The second-order valence-electron chi connectivity index (χ2n) is 4.27. The molecule has 1 aromatic carbocycles. The predicted molar refractivity (Wildman–Crippen MR) is 58.9 cm³/mol. The highest BCUT2D eigenvalue weighted by Crippen LogP contribution is 2.29. The third-order valence-electron chi connectivity index (χ3n) is 2.99. The van der Waals surface area contributed by atoms with Gasteiger partial charge < -0.3 is 4.74 Å². The zero-order chi connectivity index (χ0) is 10.8. The highest BCUT2D eigenvalue weighted by molar-refractivity contribution is 5.74. The number of rotatable bonds is 1. The van der Waals surface area contributed by atoms with E-state index in [0.29, 0.717) is 12.3 Å². The molecule has 0 aromatic heterocycles. The molecular weight excluding hydrogens is 188 g/mol. The number of ether oxygens (including phenoxy) is 1. The minimum absolute atomic E-state index is 0.0915. The van der Waals surface area contributed by atoms with Gasteiger partial charge in [0, 0.05) is 6.42 Å². The van der Waals surface area contributed by atoms with Crippen LogP contribution in [0.4, 0.5) is 0 Å². The summed E-state index contributed by atoms with van der Waals surface area (Å²) in [5.74, 6) is 1.10. The van der Waals surface area contributed by atoms with Gasteiger partial charge in [-0.05, 0) is 36.5 Å². The molecule has 15 heavy (non-hydrogen) atoms. The Kier molecular flexibility index (Phi) is 2.76. The van der Waals surface area contributed by atoms with E-state index in [1.807, 2.05) is 13.0 Å². The molecule has 0 bridgehead atoms. The SMILES string of the molecule is CCC1CC(=O)Oc2cc(C)ccc2C1.